The summed E-state index contributed by atoms with van der Waals surface area (Å²) < 4.78 is 28.8. The maximum Gasteiger partial charge on any atom is 0.244 e. The van der Waals surface area contributed by atoms with Crippen LogP contribution in [0.1, 0.15) is 38.3 Å². The first-order valence-electron chi connectivity index (χ1n) is 6.09. The fourth-order valence-corrected chi connectivity index (χ4v) is 3.82. The van der Waals surface area contributed by atoms with E-state index in [2.05, 4.69) is 9.82 Å². The van der Waals surface area contributed by atoms with Crippen LogP contribution in [0.4, 0.5) is 0 Å². The summed E-state index contributed by atoms with van der Waals surface area (Å²) in [5.74, 6) is 0. The molecule has 1 aromatic heterocycles. The van der Waals surface area contributed by atoms with Gasteiger partial charge in [0.15, 0.2) is 0 Å². The van der Waals surface area contributed by atoms with Crippen LogP contribution in [-0.2, 0) is 16.6 Å². The molecule has 96 valence electrons. The first kappa shape index (κ1) is 12.6. The molecule has 17 heavy (non-hydrogen) atoms. The predicted molar refractivity (Wildman–Crippen MR) is 65.2 cm³/mol. The van der Waals surface area contributed by atoms with E-state index in [1.165, 1.54) is 6.20 Å². The molecule has 1 heterocycles. The van der Waals surface area contributed by atoms with E-state index in [-0.39, 0.29) is 6.04 Å². The Bertz CT molecular complexity index is 487. The van der Waals surface area contributed by atoms with Gasteiger partial charge in [0.2, 0.25) is 10.0 Å². The molecule has 0 aromatic carbocycles. The lowest BCUT2D eigenvalue weighted by atomic mass is 10.3. The maximum atomic E-state index is 12.2. The van der Waals surface area contributed by atoms with Crippen molar-refractivity contribution in [2.24, 2.45) is 0 Å². The largest absolute Gasteiger partial charge is 0.269 e. The monoisotopic (exact) mass is 257 g/mol. The van der Waals surface area contributed by atoms with E-state index >= 15 is 0 Å². The van der Waals surface area contributed by atoms with Gasteiger partial charge in [0.05, 0.1) is 11.9 Å². The third-order valence-corrected chi connectivity index (χ3v) is 4.95. The molecular weight excluding hydrogens is 238 g/mol. The molecular formula is C11H19N3O2S. The Labute approximate surface area is 102 Å². The molecule has 0 amide bonds. The van der Waals surface area contributed by atoms with E-state index < -0.39 is 10.0 Å². The molecule has 1 fully saturated rings. The molecule has 1 N–H and O–H groups in total. The molecule has 0 bridgehead atoms. The number of hydrogen-bond donors (Lipinski definition) is 1. The van der Waals surface area contributed by atoms with Crippen molar-refractivity contribution in [1.82, 2.24) is 14.5 Å². The number of nitrogens with zero attached hydrogens (tertiary/aromatic N) is 2. The van der Waals surface area contributed by atoms with Gasteiger partial charge in [0.25, 0.3) is 0 Å². The number of aromatic nitrogens is 2. The second-order valence-electron chi connectivity index (χ2n) is 4.51. The van der Waals surface area contributed by atoms with Crippen molar-refractivity contribution in [3.05, 3.63) is 11.9 Å². The summed E-state index contributed by atoms with van der Waals surface area (Å²) >= 11 is 0. The van der Waals surface area contributed by atoms with Crippen LogP contribution in [0.25, 0.3) is 0 Å². The minimum atomic E-state index is -3.40. The normalized spacial score (nSPS) is 17.8. The second-order valence-corrected chi connectivity index (χ2v) is 6.20. The van der Waals surface area contributed by atoms with E-state index in [1.54, 1.807) is 11.6 Å². The molecule has 0 aliphatic heterocycles. The number of nitrogens with one attached hydrogen (secondary N) is 1. The van der Waals surface area contributed by atoms with E-state index in [1.807, 2.05) is 6.92 Å². The van der Waals surface area contributed by atoms with Gasteiger partial charge in [0, 0.05) is 12.6 Å². The smallest absolute Gasteiger partial charge is 0.244 e. The summed E-state index contributed by atoms with van der Waals surface area (Å²) in [4.78, 5) is 0.311. The molecule has 1 aliphatic rings. The number of hydrogen-bond acceptors (Lipinski definition) is 3. The molecule has 1 aromatic rings. The summed E-state index contributed by atoms with van der Waals surface area (Å²) in [5, 5.41) is 4.07. The molecule has 1 saturated carbocycles. The molecule has 0 spiro atoms. The van der Waals surface area contributed by atoms with E-state index in [4.69, 9.17) is 0 Å². The second kappa shape index (κ2) is 4.78. The molecule has 1 aliphatic carbocycles. The highest BCUT2D eigenvalue weighted by molar-refractivity contribution is 7.89. The molecule has 0 atom stereocenters. The Morgan fingerprint density at radius 1 is 1.47 bits per heavy atom. The zero-order valence-electron chi connectivity index (χ0n) is 10.3. The van der Waals surface area contributed by atoms with Gasteiger partial charge in [-0.2, -0.15) is 5.10 Å². The summed E-state index contributed by atoms with van der Waals surface area (Å²) in [6.07, 6.45) is 5.55. The highest BCUT2D eigenvalue weighted by atomic mass is 32.2. The van der Waals surface area contributed by atoms with Gasteiger partial charge in [-0.15, -0.1) is 0 Å². The van der Waals surface area contributed by atoms with E-state index in [0.29, 0.717) is 17.1 Å². The fourth-order valence-electron chi connectivity index (χ4n) is 2.34. The van der Waals surface area contributed by atoms with E-state index in [0.717, 1.165) is 25.7 Å². The third-order valence-electron chi connectivity index (χ3n) is 3.32. The Balaban J connectivity index is 2.21. The van der Waals surface area contributed by atoms with Gasteiger partial charge >= 0.3 is 0 Å². The molecule has 0 radical (unpaired) electrons. The van der Waals surface area contributed by atoms with Crippen molar-refractivity contribution in [2.75, 3.05) is 0 Å². The van der Waals surface area contributed by atoms with Gasteiger partial charge < -0.3 is 0 Å². The van der Waals surface area contributed by atoms with Gasteiger partial charge in [-0.05, 0) is 26.7 Å². The van der Waals surface area contributed by atoms with Crippen LogP contribution in [0, 0.1) is 6.92 Å². The Morgan fingerprint density at radius 3 is 2.65 bits per heavy atom. The molecule has 0 saturated heterocycles. The Morgan fingerprint density at radius 2 is 2.12 bits per heavy atom. The van der Waals surface area contributed by atoms with Crippen molar-refractivity contribution in [1.29, 1.82) is 0 Å². The van der Waals surface area contributed by atoms with Crippen molar-refractivity contribution in [3.63, 3.8) is 0 Å². The standard InChI is InChI=1S/C11H19N3O2S/c1-3-14-9(2)11(8-12-14)17(15,16)13-10-6-4-5-7-10/h8,10,13H,3-7H2,1-2H3. The first-order chi connectivity index (χ1) is 8.04. The van der Waals surface area contributed by atoms with Crippen molar-refractivity contribution in [2.45, 2.75) is 57.0 Å². The van der Waals surface area contributed by atoms with Crippen LogP contribution >= 0.6 is 0 Å². The SMILES string of the molecule is CCn1ncc(S(=O)(=O)NC2CCCC2)c1C. The van der Waals surface area contributed by atoms with Crippen LogP contribution in [0.5, 0.6) is 0 Å². The Hall–Kier alpha value is -0.880. The zero-order chi connectivity index (χ0) is 12.5. The average Bonchev–Trinajstić information content (AvgIpc) is 2.86. The first-order valence-corrected chi connectivity index (χ1v) is 7.57. The van der Waals surface area contributed by atoms with Crippen LogP contribution in [-0.4, -0.2) is 24.2 Å². The molecule has 6 heteroatoms. The van der Waals surface area contributed by atoms with Crippen LogP contribution < -0.4 is 4.72 Å². The zero-order valence-corrected chi connectivity index (χ0v) is 11.1. The lowest BCUT2D eigenvalue weighted by Crippen LogP contribution is -2.32. The number of sulfonamides is 1. The van der Waals surface area contributed by atoms with Crippen LogP contribution in [0.2, 0.25) is 0 Å². The molecule has 5 nitrogen and oxygen atoms in total. The predicted octanol–water partition coefficient (Wildman–Crippen LogP) is 1.43. The summed E-state index contributed by atoms with van der Waals surface area (Å²) in [7, 11) is -3.40. The van der Waals surface area contributed by atoms with Crippen molar-refractivity contribution >= 4 is 10.0 Å². The van der Waals surface area contributed by atoms with Gasteiger partial charge in [0.1, 0.15) is 4.90 Å². The summed E-state index contributed by atoms with van der Waals surface area (Å²) in [6.45, 7) is 4.42. The van der Waals surface area contributed by atoms with Gasteiger partial charge in [-0.3, -0.25) is 4.68 Å². The van der Waals surface area contributed by atoms with Crippen LogP contribution in [0.15, 0.2) is 11.1 Å². The topological polar surface area (TPSA) is 64.0 Å². The highest BCUT2D eigenvalue weighted by Crippen LogP contribution is 2.21. The minimum Gasteiger partial charge on any atom is -0.269 e. The van der Waals surface area contributed by atoms with Crippen molar-refractivity contribution < 1.29 is 8.42 Å². The van der Waals surface area contributed by atoms with Gasteiger partial charge in [-0.25, -0.2) is 13.1 Å². The van der Waals surface area contributed by atoms with Crippen LogP contribution in [0.3, 0.4) is 0 Å². The van der Waals surface area contributed by atoms with Crippen molar-refractivity contribution in [3.8, 4) is 0 Å². The maximum absolute atomic E-state index is 12.2. The Kier molecular flexibility index (Phi) is 3.53. The highest BCUT2D eigenvalue weighted by Gasteiger charge is 2.25. The molecule has 2 rings (SSSR count). The fraction of sp³-hybridized carbons (Fsp3) is 0.727. The minimum absolute atomic E-state index is 0.101. The quantitative estimate of drug-likeness (QED) is 0.887. The summed E-state index contributed by atoms with van der Waals surface area (Å²) in [5.41, 5.74) is 0.706. The number of aryl methyl sites for hydroxylation is 1. The van der Waals surface area contributed by atoms with Gasteiger partial charge in [-0.1, -0.05) is 12.8 Å². The number of rotatable bonds is 4. The third kappa shape index (κ3) is 2.52. The lowest BCUT2D eigenvalue weighted by molar-refractivity contribution is 0.551. The van der Waals surface area contributed by atoms with E-state index in [9.17, 15) is 8.42 Å². The average molecular weight is 257 g/mol. The molecule has 0 unspecified atom stereocenters. The summed E-state index contributed by atoms with van der Waals surface area (Å²) in [6, 6.07) is 0.101. The lowest BCUT2D eigenvalue weighted by Gasteiger charge is -2.12.